The summed E-state index contributed by atoms with van der Waals surface area (Å²) < 4.78 is 7.22. The average molecular weight is 390 g/mol. The van der Waals surface area contributed by atoms with Crippen LogP contribution in [0.5, 0.6) is 0 Å². The Bertz CT molecular complexity index is 965. The first-order valence-electron chi connectivity index (χ1n) is 8.39. The van der Waals surface area contributed by atoms with E-state index in [4.69, 9.17) is 27.9 Å². The molecule has 26 heavy (non-hydrogen) atoms. The van der Waals surface area contributed by atoms with Crippen LogP contribution in [0.3, 0.4) is 0 Å². The summed E-state index contributed by atoms with van der Waals surface area (Å²) >= 11 is 12.2. The summed E-state index contributed by atoms with van der Waals surface area (Å²) in [5.41, 5.74) is 2.19. The molecule has 134 valence electrons. The van der Waals surface area contributed by atoms with E-state index in [1.807, 2.05) is 28.8 Å². The average Bonchev–Trinajstić information content (AvgIpc) is 3.01. The Hall–Kier alpha value is -1.92. The lowest BCUT2D eigenvalue weighted by atomic mass is 10.1. The van der Waals surface area contributed by atoms with Gasteiger partial charge in [-0.05, 0) is 30.3 Å². The Balaban J connectivity index is 1.74. The molecule has 4 rings (SSSR count). The van der Waals surface area contributed by atoms with Gasteiger partial charge in [-0.25, -0.2) is 4.98 Å². The zero-order valence-electron chi connectivity index (χ0n) is 14.0. The highest BCUT2D eigenvalue weighted by Gasteiger charge is 2.22. The number of fused-ring (bicyclic) bond motifs is 1. The van der Waals surface area contributed by atoms with Crippen molar-refractivity contribution in [1.29, 1.82) is 0 Å². The number of carbonyl (C=O) groups is 1. The topological polar surface area (TPSA) is 46.8 Å². The summed E-state index contributed by atoms with van der Waals surface area (Å²) in [5.74, 6) is 0.133. The summed E-state index contributed by atoms with van der Waals surface area (Å²) in [6.07, 6.45) is 1.85. The van der Waals surface area contributed by atoms with Crippen molar-refractivity contribution in [2.75, 3.05) is 26.3 Å². The fraction of sp³-hybridized carbons (Fsp3) is 0.263. The van der Waals surface area contributed by atoms with E-state index in [0.717, 1.165) is 37.5 Å². The van der Waals surface area contributed by atoms with Crippen LogP contribution in [-0.4, -0.2) is 46.4 Å². The first-order valence-corrected chi connectivity index (χ1v) is 9.15. The summed E-state index contributed by atoms with van der Waals surface area (Å²) in [7, 11) is 0. The Kier molecular flexibility index (Phi) is 4.96. The molecule has 7 heteroatoms. The van der Waals surface area contributed by atoms with Crippen LogP contribution in [-0.2, 0) is 11.3 Å². The van der Waals surface area contributed by atoms with Gasteiger partial charge in [0.1, 0.15) is 0 Å². The number of ether oxygens (including phenoxy) is 1. The molecule has 0 atom stereocenters. The van der Waals surface area contributed by atoms with Crippen LogP contribution in [0.15, 0.2) is 42.6 Å². The predicted molar refractivity (Wildman–Crippen MR) is 101 cm³/mol. The monoisotopic (exact) mass is 389 g/mol. The normalized spacial score (nSPS) is 15.5. The van der Waals surface area contributed by atoms with Gasteiger partial charge in [0.05, 0.1) is 29.4 Å². The number of aromatic nitrogens is 2. The van der Waals surface area contributed by atoms with Crippen molar-refractivity contribution in [2.24, 2.45) is 0 Å². The van der Waals surface area contributed by atoms with Crippen molar-refractivity contribution in [2.45, 2.75) is 6.54 Å². The molecular formula is C19H17Cl2N3O2. The maximum absolute atomic E-state index is 13.1. The zero-order valence-corrected chi connectivity index (χ0v) is 15.5. The second-order valence-electron chi connectivity index (χ2n) is 6.18. The molecule has 2 aromatic heterocycles. The molecule has 5 nitrogen and oxygen atoms in total. The van der Waals surface area contributed by atoms with Gasteiger partial charge in [0.2, 0.25) is 5.78 Å². The maximum atomic E-state index is 13.1. The minimum atomic E-state index is -0.221. The number of pyridine rings is 1. The molecule has 0 N–H and O–H groups in total. The van der Waals surface area contributed by atoms with E-state index in [2.05, 4.69) is 9.88 Å². The Morgan fingerprint density at radius 3 is 2.73 bits per heavy atom. The smallest absolute Gasteiger partial charge is 0.230 e. The van der Waals surface area contributed by atoms with Crippen molar-refractivity contribution >= 4 is 34.5 Å². The zero-order chi connectivity index (χ0) is 18.1. The quantitative estimate of drug-likeness (QED) is 0.638. The molecule has 1 aromatic carbocycles. The van der Waals surface area contributed by atoms with Gasteiger partial charge in [0, 0.05) is 36.4 Å². The number of halogens is 2. The van der Waals surface area contributed by atoms with Gasteiger partial charge in [-0.2, -0.15) is 0 Å². The van der Waals surface area contributed by atoms with Gasteiger partial charge in [-0.15, -0.1) is 0 Å². The van der Waals surface area contributed by atoms with Gasteiger partial charge in [0.15, 0.2) is 5.82 Å². The van der Waals surface area contributed by atoms with Crippen LogP contribution in [0.2, 0.25) is 10.0 Å². The highest BCUT2D eigenvalue weighted by molar-refractivity contribution is 6.37. The second-order valence-corrected chi connectivity index (χ2v) is 7.02. The number of rotatable bonds is 4. The lowest BCUT2D eigenvalue weighted by Gasteiger charge is -2.25. The van der Waals surface area contributed by atoms with E-state index in [9.17, 15) is 4.79 Å². The van der Waals surface area contributed by atoms with Crippen LogP contribution < -0.4 is 0 Å². The van der Waals surface area contributed by atoms with E-state index in [1.54, 1.807) is 18.2 Å². The number of morpholine rings is 1. The largest absolute Gasteiger partial charge is 0.379 e. The molecule has 1 aliphatic rings. The Morgan fingerprint density at radius 2 is 1.96 bits per heavy atom. The van der Waals surface area contributed by atoms with Gasteiger partial charge >= 0.3 is 0 Å². The third kappa shape index (κ3) is 3.35. The van der Waals surface area contributed by atoms with Gasteiger partial charge in [-0.3, -0.25) is 14.1 Å². The molecule has 0 aliphatic carbocycles. The lowest BCUT2D eigenvalue weighted by Crippen LogP contribution is -2.35. The van der Waals surface area contributed by atoms with Crippen LogP contribution >= 0.6 is 23.2 Å². The van der Waals surface area contributed by atoms with Crippen LogP contribution in [0, 0.1) is 0 Å². The molecule has 1 fully saturated rings. The molecule has 0 radical (unpaired) electrons. The summed E-state index contributed by atoms with van der Waals surface area (Å²) in [5, 5.41) is 0.817. The minimum Gasteiger partial charge on any atom is -0.379 e. The summed E-state index contributed by atoms with van der Waals surface area (Å²) in [6.45, 7) is 3.84. The van der Waals surface area contributed by atoms with Crippen molar-refractivity contribution in [3.63, 3.8) is 0 Å². The standard InChI is InChI=1S/C19H17Cl2N3O2/c20-13-4-5-14(15(21)11-13)18(25)19-22-16(12-23-7-9-26-10-8-23)17-3-1-2-6-24(17)19/h1-6,11H,7-10,12H2. The molecule has 0 spiro atoms. The summed E-state index contributed by atoms with van der Waals surface area (Å²) in [6, 6.07) is 10.7. The highest BCUT2D eigenvalue weighted by Crippen LogP contribution is 2.25. The number of hydrogen-bond donors (Lipinski definition) is 0. The fourth-order valence-electron chi connectivity index (χ4n) is 3.14. The molecule has 1 saturated heterocycles. The van der Waals surface area contributed by atoms with E-state index in [0.29, 0.717) is 28.0 Å². The summed E-state index contributed by atoms with van der Waals surface area (Å²) in [4.78, 5) is 20.0. The number of benzene rings is 1. The van der Waals surface area contributed by atoms with Crippen molar-refractivity contribution < 1.29 is 9.53 Å². The maximum Gasteiger partial charge on any atom is 0.230 e. The number of imidazole rings is 1. The predicted octanol–water partition coefficient (Wildman–Crippen LogP) is 3.70. The molecule has 3 aromatic rings. The molecule has 0 saturated carbocycles. The van der Waals surface area contributed by atoms with E-state index < -0.39 is 0 Å². The highest BCUT2D eigenvalue weighted by atomic mass is 35.5. The molecular weight excluding hydrogens is 373 g/mol. The SMILES string of the molecule is O=C(c1ccc(Cl)cc1Cl)c1nc(CN2CCOCC2)c2ccccn12. The minimum absolute atomic E-state index is 0.221. The third-order valence-corrected chi connectivity index (χ3v) is 5.03. The van der Waals surface area contributed by atoms with Crippen LogP contribution in [0.25, 0.3) is 5.52 Å². The molecule has 3 heterocycles. The van der Waals surface area contributed by atoms with Crippen molar-refractivity contribution in [1.82, 2.24) is 14.3 Å². The number of hydrogen-bond acceptors (Lipinski definition) is 4. The van der Waals surface area contributed by atoms with Crippen LogP contribution in [0.4, 0.5) is 0 Å². The van der Waals surface area contributed by atoms with Crippen molar-refractivity contribution in [3.8, 4) is 0 Å². The Morgan fingerprint density at radius 1 is 1.15 bits per heavy atom. The fourth-order valence-corrected chi connectivity index (χ4v) is 3.64. The number of carbonyl (C=O) groups excluding carboxylic acids is 1. The molecule has 1 aliphatic heterocycles. The van der Waals surface area contributed by atoms with Gasteiger partial charge < -0.3 is 4.74 Å². The Labute approximate surface area is 161 Å². The van der Waals surface area contributed by atoms with E-state index in [-0.39, 0.29) is 5.78 Å². The molecule has 0 unspecified atom stereocenters. The lowest BCUT2D eigenvalue weighted by molar-refractivity contribution is 0.0338. The third-order valence-electron chi connectivity index (χ3n) is 4.48. The number of nitrogens with zero attached hydrogens (tertiary/aromatic N) is 3. The van der Waals surface area contributed by atoms with Gasteiger partial charge in [-0.1, -0.05) is 29.3 Å². The van der Waals surface area contributed by atoms with Gasteiger partial charge in [0.25, 0.3) is 0 Å². The molecule has 0 bridgehead atoms. The first kappa shape index (κ1) is 17.5. The van der Waals surface area contributed by atoms with E-state index in [1.165, 1.54) is 0 Å². The first-order chi connectivity index (χ1) is 12.6. The van der Waals surface area contributed by atoms with Crippen molar-refractivity contribution in [3.05, 3.63) is 69.7 Å². The second kappa shape index (κ2) is 7.37. The number of ketones is 1. The van der Waals surface area contributed by atoms with Crippen LogP contribution in [0.1, 0.15) is 21.9 Å². The molecule has 0 amide bonds. The van der Waals surface area contributed by atoms with E-state index >= 15 is 0 Å².